The quantitative estimate of drug-likeness (QED) is 0.376. The summed E-state index contributed by atoms with van der Waals surface area (Å²) in [7, 11) is 0. The maximum atomic E-state index is 12.4. The van der Waals surface area contributed by atoms with Crippen molar-refractivity contribution in [2.75, 3.05) is 0 Å². The summed E-state index contributed by atoms with van der Waals surface area (Å²) in [6.45, 7) is 2.25. The zero-order valence-electron chi connectivity index (χ0n) is 15.0. The molecule has 3 heteroatoms. The van der Waals surface area contributed by atoms with Crippen molar-refractivity contribution in [2.24, 2.45) is 17.8 Å². The Bertz CT molecular complexity index is 473. The number of nitriles is 1. The van der Waals surface area contributed by atoms with E-state index in [-0.39, 0.29) is 18.0 Å². The van der Waals surface area contributed by atoms with E-state index in [1.54, 1.807) is 6.08 Å². The van der Waals surface area contributed by atoms with E-state index >= 15 is 0 Å². The molecule has 0 amide bonds. The average Bonchev–Trinajstić information content (AvgIpc) is 2.61. The highest BCUT2D eigenvalue weighted by atomic mass is 16.5. The lowest BCUT2D eigenvalue weighted by atomic mass is 9.81. The minimum absolute atomic E-state index is 0.0424. The first kappa shape index (κ1) is 18.8. The number of carbonyl (C=O) groups is 1. The summed E-state index contributed by atoms with van der Waals surface area (Å²) in [6.07, 6.45) is 18.6. The van der Waals surface area contributed by atoms with Crippen LogP contribution in [0.4, 0.5) is 0 Å². The maximum Gasteiger partial charge on any atom is 0.309 e. The summed E-state index contributed by atoms with van der Waals surface area (Å²) in [5.74, 6) is 1.52. The second-order valence-electron chi connectivity index (χ2n) is 7.35. The third kappa shape index (κ3) is 6.15. The van der Waals surface area contributed by atoms with Crippen LogP contribution in [0.15, 0.2) is 24.3 Å². The standard InChI is InChI=1S/C21H31NO2/c1-2-6-17-10-14-20(15-11-17)24-21(23)19-12-8-18(9-13-19)7-4-3-5-16-22/h3-5,7,17-20H,2,6,8-15H2,1H3. The van der Waals surface area contributed by atoms with Crippen molar-refractivity contribution in [3.8, 4) is 6.07 Å². The smallest absolute Gasteiger partial charge is 0.309 e. The zero-order valence-corrected chi connectivity index (χ0v) is 15.0. The van der Waals surface area contributed by atoms with E-state index in [0.717, 1.165) is 44.4 Å². The fraction of sp³-hybridized carbons (Fsp3) is 0.714. The van der Waals surface area contributed by atoms with E-state index in [9.17, 15) is 4.79 Å². The highest BCUT2D eigenvalue weighted by Crippen LogP contribution is 2.33. The molecular weight excluding hydrogens is 298 g/mol. The van der Waals surface area contributed by atoms with Crippen LogP contribution in [0.2, 0.25) is 0 Å². The van der Waals surface area contributed by atoms with Crippen LogP contribution in [-0.2, 0) is 9.53 Å². The van der Waals surface area contributed by atoms with Gasteiger partial charge in [0.15, 0.2) is 0 Å². The molecule has 2 aliphatic carbocycles. The third-order valence-electron chi connectivity index (χ3n) is 5.54. The molecule has 0 aliphatic heterocycles. The number of nitrogens with zero attached hydrogens (tertiary/aromatic N) is 1. The van der Waals surface area contributed by atoms with Crippen molar-refractivity contribution in [3.63, 3.8) is 0 Å². The number of carbonyl (C=O) groups excluding carboxylic acids is 1. The Balaban J connectivity index is 1.67. The second kappa shape index (κ2) is 10.3. The SMILES string of the molecule is CCCC1CCC(OC(=O)C2CCC(C=CC=CC#N)CC2)CC1. The molecule has 3 nitrogen and oxygen atoms in total. The number of hydrogen-bond acceptors (Lipinski definition) is 3. The molecule has 2 fully saturated rings. The Morgan fingerprint density at radius 3 is 2.42 bits per heavy atom. The van der Waals surface area contributed by atoms with Gasteiger partial charge in [-0.25, -0.2) is 0 Å². The molecular formula is C21H31NO2. The van der Waals surface area contributed by atoms with Gasteiger partial charge in [-0.1, -0.05) is 38.0 Å². The van der Waals surface area contributed by atoms with Gasteiger partial charge in [0.05, 0.1) is 12.0 Å². The van der Waals surface area contributed by atoms with E-state index in [1.807, 2.05) is 12.1 Å². The van der Waals surface area contributed by atoms with Crippen LogP contribution in [0.3, 0.4) is 0 Å². The number of rotatable bonds is 6. The Kier molecular flexibility index (Phi) is 8.08. The van der Waals surface area contributed by atoms with Gasteiger partial charge in [0.25, 0.3) is 0 Å². The Hall–Kier alpha value is -1.56. The summed E-state index contributed by atoms with van der Waals surface area (Å²) in [5.41, 5.74) is 0. The molecule has 0 N–H and O–H groups in total. The van der Waals surface area contributed by atoms with Crippen molar-refractivity contribution in [3.05, 3.63) is 24.3 Å². The summed E-state index contributed by atoms with van der Waals surface area (Å²) < 4.78 is 5.80. The molecule has 0 saturated heterocycles. The number of allylic oxidation sites excluding steroid dienone is 4. The van der Waals surface area contributed by atoms with Gasteiger partial charge < -0.3 is 4.74 Å². The van der Waals surface area contributed by atoms with Crippen LogP contribution in [0.25, 0.3) is 0 Å². The van der Waals surface area contributed by atoms with E-state index in [0.29, 0.717) is 5.92 Å². The predicted molar refractivity (Wildman–Crippen MR) is 96.1 cm³/mol. The molecule has 24 heavy (non-hydrogen) atoms. The molecule has 0 heterocycles. The number of esters is 1. The Morgan fingerprint density at radius 1 is 1.08 bits per heavy atom. The van der Waals surface area contributed by atoms with Crippen molar-refractivity contribution >= 4 is 5.97 Å². The monoisotopic (exact) mass is 329 g/mol. The van der Waals surface area contributed by atoms with Crippen molar-refractivity contribution < 1.29 is 9.53 Å². The van der Waals surface area contributed by atoms with Crippen LogP contribution >= 0.6 is 0 Å². The van der Waals surface area contributed by atoms with Crippen LogP contribution in [0, 0.1) is 29.1 Å². The topological polar surface area (TPSA) is 50.1 Å². The summed E-state index contributed by atoms with van der Waals surface area (Å²) >= 11 is 0. The van der Waals surface area contributed by atoms with Gasteiger partial charge in [-0.2, -0.15) is 5.26 Å². The first-order valence-corrected chi connectivity index (χ1v) is 9.66. The van der Waals surface area contributed by atoms with Gasteiger partial charge >= 0.3 is 5.97 Å². The van der Waals surface area contributed by atoms with Gasteiger partial charge in [0.1, 0.15) is 6.10 Å². The molecule has 0 aromatic carbocycles. The lowest BCUT2D eigenvalue weighted by Gasteiger charge is -2.31. The molecule has 0 spiro atoms. The van der Waals surface area contributed by atoms with Crippen LogP contribution in [0.5, 0.6) is 0 Å². The molecule has 2 aliphatic rings. The number of ether oxygens (including phenoxy) is 1. The fourth-order valence-electron chi connectivity index (χ4n) is 4.07. The summed E-state index contributed by atoms with van der Waals surface area (Å²) in [6, 6.07) is 1.98. The molecule has 2 saturated carbocycles. The highest BCUT2D eigenvalue weighted by molar-refractivity contribution is 5.72. The Morgan fingerprint density at radius 2 is 1.79 bits per heavy atom. The Labute approximate surface area is 146 Å². The van der Waals surface area contributed by atoms with Crippen LogP contribution < -0.4 is 0 Å². The normalized spacial score (nSPS) is 31.2. The lowest BCUT2D eigenvalue weighted by molar-refractivity contribution is -0.157. The lowest BCUT2D eigenvalue weighted by Crippen LogP contribution is -2.30. The first-order valence-electron chi connectivity index (χ1n) is 9.66. The van der Waals surface area contributed by atoms with E-state index in [2.05, 4.69) is 13.0 Å². The van der Waals surface area contributed by atoms with E-state index < -0.39 is 0 Å². The van der Waals surface area contributed by atoms with Crippen LogP contribution in [0.1, 0.15) is 71.1 Å². The van der Waals surface area contributed by atoms with E-state index in [4.69, 9.17) is 10.00 Å². The first-order chi connectivity index (χ1) is 11.7. The molecule has 0 atom stereocenters. The molecule has 132 valence electrons. The van der Waals surface area contributed by atoms with Gasteiger partial charge in [-0.15, -0.1) is 0 Å². The van der Waals surface area contributed by atoms with Gasteiger partial charge in [-0.3, -0.25) is 4.79 Å². The molecule has 0 radical (unpaired) electrons. The largest absolute Gasteiger partial charge is 0.462 e. The second-order valence-corrected chi connectivity index (χ2v) is 7.35. The van der Waals surface area contributed by atoms with Crippen molar-refractivity contribution in [2.45, 2.75) is 77.2 Å². The highest BCUT2D eigenvalue weighted by Gasteiger charge is 2.29. The predicted octanol–water partition coefficient (Wildman–Crippen LogP) is 5.33. The maximum absolute atomic E-state index is 12.4. The van der Waals surface area contributed by atoms with Crippen molar-refractivity contribution in [1.82, 2.24) is 0 Å². The van der Waals surface area contributed by atoms with Crippen LogP contribution in [-0.4, -0.2) is 12.1 Å². The van der Waals surface area contributed by atoms with Crippen molar-refractivity contribution in [1.29, 1.82) is 5.26 Å². The molecule has 0 bridgehead atoms. The summed E-state index contributed by atoms with van der Waals surface area (Å²) in [4.78, 5) is 12.4. The fourth-order valence-corrected chi connectivity index (χ4v) is 4.07. The molecule has 0 unspecified atom stereocenters. The molecule has 0 aromatic rings. The summed E-state index contributed by atoms with van der Waals surface area (Å²) in [5, 5.41) is 8.45. The molecule has 2 rings (SSSR count). The minimum atomic E-state index is 0.0424. The van der Waals surface area contributed by atoms with Gasteiger partial charge in [0.2, 0.25) is 0 Å². The average molecular weight is 329 g/mol. The van der Waals surface area contributed by atoms with E-state index in [1.165, 1.54) is 31.8 Å². The van der Waals surface area contributed by atoms with Gasteiger partial charge in [0, 0.05) is 6.08 Å². The third-order valence-corrected chi connectivity index (χ3v) is 5.54. The molecule has 0 aromatic heterocycles. The number of hydrogen-bond donors (Lipinski definition) is 0. The minimum Gasteiger partial charge on any atom is -0.462 e. The van der Waals surface area contributed by atoms with Gasteiger partial charge in [-0.05, 0) is 63.2 Å². The zero-order chi connectivity index (χ0) is 17.2.